The fourth-order valence-electron chi connectivity index (χ4n) is 6.95. The molecule has 9 nitrogen and oxygen atoms in total. The third-order valence-electron chi connectivity index (χ3n) is 11.2. The Morgan fingerprint density at radius 2 is 0.803 bits per heavy atom. The first kappa shape index (κ1) is 67.4. The highest BCUT2D eigenvalue weighted by Crippen LogP contribution is 2.43. The van der Waals surface area contributed by atoms with E-state index in [9.17, 15) is 19.0 Å². The van der Waals surface area contributed by atoms with Gasteiger partial charge in [0.2, 0.25) is 0 Å². The number of phosphoric ester groups is 1. The lowest BCUT2D eigenvalue weighted by molar-refractivity contribution is -0.870. The molecule has 0 aromatic rings. The zero-order valence-electron chi connectivity index (χ0n) is 45.7. The van der Waals surface area contributed by atoms with Crippen LogP contribution in [0.25, 0.3) is 0 Å². The molecular weight excluding hydrogens is 906 g/mol. The molecule has 0 rings (SSSR count). The summed E-state index contributed by atoms with van der Waals surface area (Å²) in [5.41, 5.74) is 0. The lowest BCUT2D eigenvalue weighted by Crippen LogP contribution is -2.37. The van der Waals surface area contributed by atoms with Crippen LogP contribution in [0.4, 0.5) is 0 Å². The van der Waals surface area contributed by atoms with Gasteiger partial charge in [0.05, 0.1) is 27.7 Å². The van der Waals surface area contributed by atoms with Gasteiger partial charge in [0, 0.05) is 12.8 Å². The zero-order valence-corrected chi connectivity index (χ0v) is 46.6. The van der Waals surface area contributed by atoms with Crippen molar-refractivity contribution in [2.45, 2.75) is 206 Å². The molecule has 0 amide bonds. The predicted octanol–water partition coefficient (Wildman–Crippen LogP) is 17.2. The number of carbonyl (C=O) groups excluding carboxylic acids is 2. The molecule has 0 aromatic carbocycles. The van der Waals surface area contributed by atoms with E-state index in [-0.39, 0.29) is 32.0 Å². The number of rotatable bonds is 49. The summed E-state index contributed by atoms with van der Waals surface area (Å²) < 4.78 is 34.4. The molecule has 1 N–H and O–H groups in total. The maximum Gasteiger partial charge on any atom is 0.472 e. The Balaban J connectivity index is 4.09. The van der Waals surface area contributed by atoms with E-state index in [1.807, 2.05) is 21.1 Å². The molecule has 0 aliphatic rings. The average Bonchev–Trinajstić information content (AvgIpc) is 3.33. The molecule has 0 bridgehead atoms. The van der Waals surface area contributed by atoms with E-state index in [0.717, 1.165) is 128 Å². The van der Waals surface area contributed by atoms with Gasteiger partial charge in [0.25, 0.3) is 0 Å². The fourth-order valence-corrected chi connectivity index (χ4v) is 7.69. The van der Waals surface area contributed by atoms with Gasteiger partial charge in [-0.2, -0.15) is 0 Å². The van der Waals surface area contributed by atoms with E-state index in [0.29, 0.717) is 17.4 Å². The number of carbonyl (C=O) groups is 2. The van der Waals surface area contributed by atoms with Gasteiger partial charge in [0.1, 0.15) is 19.8 Å². The molecule has 10 heteroatoms. The van der Waals surface area contributed by atoms with Crippen LogP contribution in [0.5, 0.6) is 0 Å². The van der Waals surface area contributed by atoms with Crippen molar-refractivity contribution in [2.24, 2.45) is 0 Å². The third-order valence-corrected chi connectivity index (χ3v) is 12.2. The second-order valence-corrected chi connectivity index (χ2v) is 20.7. The van der Waals surface area contributed by atoms with Crippen LogP contribution >= 0.6 is 7.82 Å². The van der Waals surface area contributed by atoms with Crippen molar-refractivity contribution in [1.29, 1.82) is 0 Å². The van der Waals surface area contributed by atoms with Crippen molar-refractivity contribution < 1.29 is 42.1 Å². The molecule has 404 valence electrons. The standard InChI is InChI=1S/C61H102NO8P/c1-6-8-10-12-14-16-18-19-20-21-22-23-24-25-26-27-28-29-30-31-32-33-34-35-36-37-38-39-40-41-42-43-44-46-48-50-52-54-61(64)70-59(58-69-71(65,66)68-56-55-62(3,4)5)57-67-60(63)53-51-49-47-45-17-15-13-11-9-7-2/h8,10-11,13-14,16,19-20,22-23,25-26,28-29,31-32,34-35,37-38,59H,6-7,9,12,15,17-18,21,24,27,30,33,36,39-58H2,1-5H3/p+1/b10-8-,13-11-,16-14-,20-19-,23-22-,26-25-,29-28-,32-31-,35-34-,38-37-. The number of ether oxygens (including phenoxy) is 2. The number of unbranched alkanes of at least 4 members (excludes halogenated alkanes) is 15. The maximum absolute atomic E-state index is 12.8. The van der Waals surface area contributed by atoms with E-state index >= 15 is 0 Å². The lowest BCUT2D eigenvalue weighted by atomic mass is 10.1. The number of likely N-dealkylation sites (N-methyl/N-ethyl adjacent to an activating group) is 1. The SMILES string of the molecule is CC/C=C\C/C=C\C/C=C\C/C=C\C/C=C\C/C=C\C/C=C\C/C=C\C/C=C\CCCCCCCCCCCC(=O)OC(COC(=O)CCCCCCC/C=C\CCC)COP(=O)(O)OCC[N+](C)(C)C. The summed E-state index contributed by atoms with van der Waals surface area (Å²) >= 11 is 0. The van der Waals surface area contributed by atoms with Crippen molar-refractivity contribution in [3.05, 3.63) is 122 Å². The second kappa shape index (κ2) is 51.3. The monoisotopic (exact) mass is 1010 g/mol. The predicted molar refractivity (Wildman–Crippen MR) is 302 cm³/mol. The van der Waals surface area contributed by atoms with Gasteiger partial charge in [-0.1, -0.05) is 206 Å². The third kappa shape index (κ3) is 55.6. The molecule has 2 unspecified atom stereocenters. The highest BCUT2D eigenvalue weighted by atomic mass is 31.2. The number of hydrogen-bond donors (Lipinski definition) is 1. The lowest BCUT2D eigenvalue weighted by Gasteiger charge is -2.24. The van der Waals surface area contributed by atoms with Crippen LogP contribution in [0.1, 0.15) is 200 Å². The Hall–Kier alpha value is -3.59. The molecule has 71 heavy (non-hydrogen) atoms. The Labute approximate surface area is 435 Å². The van der Waals surface area contributed by atoms with E-state index in [1.54, 1.807) is 0 Å². The van der Waals surface area contributed by atoms with Gasteiger partial charge < -0.3 is 18.9 Å². The molecule has 0 heterocycles. The Morgan fingerprint density at radius 1 is 0.451 bits per heavy atom. The fraction of sp³-hybridized carbons (Fsp3) is 0.639. The smallest absolute Gasteiger partial charge is 0.462 e. The van der Waals surface area contributed by atoms with E-state index in [1.165, 1.54) is 38.5 Å². The van der Waals surface area contributed by atoms with Crippen molar-refractivity contribution in [3.8, 4) is 0 Å². The summed E-state index contributed by atoms with van der Waals surface area (Å²) in [5, 5.41) is 0. The van der Waals surface area contributed by atoms with Crippen molar-refractivity contribution in [2.75, 3.05) is 47.5 Å². The van der Waals surface area contributed by atoms with Gasteiger partial charge in [0.15, 0.2) is 6.10 Å². The Bertz CT molecular complexity index is 1610. The molecule has 0 spiro atoms. The number of esters is 2. The molecule has 2 atom stereocenters. The molecule has 0 saturated heterocycles. The van der Waals surface area contributed by atoms with E-state index < -0.39 is 26.5 Å². The van der Waals surface area contributed by atoms with Crippen LogP contribution in [-0.4, -0.2) is 74.9 Å². The van der Waals surface area contributed by atoms with Crippen LogP contribution in [0.15, 0.2) is 122 Å². The summed E-state index contributed by atoms with van der Waals surface area (Å²) in [5.74, 6) is -0.827. The summed E-state index contributed by atoms with van der Waals surface area (Å²) in [6, 6.07) is 0. The molecule has 0 aromatic heterocycles. The Morgan fingerprint density at radius 3 is 1.21 bits per heavy atom. The van der Waals surface area contributed by atoms with Gasteiger partial charge in [-0.25, -0.2) is 4.57 Å². The largest absolute Gasteiger partial charge is 0.472 e. The van der Waals surface area contributed by atoms with Crippen LogP contribution in [0, 0.1) is 0 Å². The highest BCUT2D eigenvalue weighted by molar-refractivity contribution is 7.47. The average molecular weight is 1010 g/mol. The minimum Gasteiger partial charge on any atom is -0.462 e. The van der Waals surface area contributed by atoms with Crippen molar-refractivity contribution in [1.82, 2.24) is 0 Å². The summed E-state index contributed by atoms with van der Waals surface area (Å²) in [6.45, 7) is 4.21. The van der Waals surface area contributed by atoms with Crippen LogP contribution in [0.2, 0.25) is 0 Å². The zero-order chi connectivity index (χ0) is 52.0. The van der Waals surface area contributed by atoms with E-state index in [2.05, 4.69) is 135 Å². The first-order chi connectivity index (χ1) is 34.5. The minimum absolute atomic E-state index is 0.0235. The van der Waals surface area contributed by atoms with Crippen LogP contribution in [-0.2, 0) is 32.7 Å². The quantitative estimate of drug-likeness (QED) is 0.0211. The van der Waals surface area contributed by atoms with E-state index in [4.69, 9.17) is 18.5 Å². The number of quaternary nitrogens is 1. The molecule has 0 aliphatic carbocycles. The number of hydrogen-bond acceptors (Lipinski definition) is 7. The molecule has 0 fully saturated rings. The number of allylic oxidation sites excluding steroid dienone is 20. The maximum atomic E-state index is 12.8. The van der Waals surface area contributed by atoms with Crippen LogP contribution in [0.3, 0.4) is 0 Å². The van der Waals surface area contributed by atoms with Gasteiger partial charge >= 0.3 is 19.8 Å². The molecule has 0 aliphatic heterocycles. The molecule has 0 saturated carbocycles. The first-order valence-electron chi connectivity index (χ1n) is 27.8. The van der Waals surface area contributed by atoms with Crippen molar-refractivity contribution in [3.63, 3.8) is 0 Å². The normalized spacial score (nSPS) is 14.3. The summed E-state index contributed by atoms with van der Waals surface area (Å²) in [6.07, 6.45) is 72.8. The minimum atomic E-state index is -4.39. The summed E-state index contributed by atoms with van der Waals surface area (Å²) in [4.78, 5) is 35.5. The van der Waals surface area contributed by atoms with Gasteiger partial charge in [-0.15, -0.1) is 0 Å². The van der Waals surface area contributed by atoms with Crippen LogP contribution < -0.4 is 0 Å². The van der Waals surface area contributed by atoms with Crippen molar-refractivity contribution >= 4 is 19.8 Å². The molecule has 0 radical (unpaired) electrons. The Kier molecular flexibility index (Phi) is 48.7. The first-order valence-corrected chi connectivity index (χ1v) is 29.3. The van der Waals surface area contributed by atoms with Gasteiger partial charge in [-0.3, -0.25) is 18.6 Å². The molecular formula is C61H103NO8P+. The number of nitrogens with zero attached hydrogens (tertiary/aromatic N) is 1. The van der Waals surface area contributed by atoms with Gasteiger partial charge in [-0.05, 0) is 103 Å². The summed E-state index contributed by atoms with van der Waals surface area (Å²) in [7, 11) is 1.45. The topological polar surface area (TPSA) is 108 Å². The highest BCUT2D eigenvalue weighted by Gasteiger charge is 2.27. The number of phosphoric acid groups is 1. The second-order valence-electron chi connectivity index (χ2n) is 19.2.